The summed E-state index contributed by atoms with van der Waals surface area (Å²) in [6.07, 6.45) is 5.48. The second-order valence-corrected chi connectivity index (χ2v) is 15.0. The first-order chi connectivity index (χ1) is 16.5. The van der Waals surface area contributed by atoms with Gasteiger partial charge in [-0.25, -0.2) is 0 Å². The number of aliphatic hydroxyl groups excluding tert-OH is 4. The molecule has 0 aromatic rings. The summed E-state index contributed by atoms with van der Waals surface area (Å²) in [5.74, 6) is -0.833. The molecule has 6 heteroatoms. The fourth-order valence-electron chi connectivity index (χ4n) is 10.8. The average Bonchev–Trinajstić information content (AvgIpc) is 2.80. The zero-order valence-corrected chi connectivity index (χ0v) is 23.0. The van der Waals surface area contributed by atoms with Gasteiger partial charge >= 0.3 is 5.97 Å². The van der Waals surface area contributed by atoms with E-state index in [-0.39, 0.29) is 46.0 Å². The van der Waals surface area contributed by atoms with Crippen LogP contribution in [-0.2, 0) is 4.79 Å². The van der Waals surface area contributed by atoms with E-state index < -0.39 is 35.1 Å². The number of aliphatic hydroxyl groups is 4. The number of carboxylic acids is 1. The summed E-state index contributed by atoms with van der Waals surface area (Å²) < 4.78 is 0. The SMILES string of the molecule is CC1(C)CC[C@]2(C(=O)O)CC[C@]3(C)C(=CCC4[C@@]5(C)C[C@@H](O)[C@H](O)[C@](C)(CO)C5CC[C@]43C)[C@@H]2[C@@H]1O. The lowest BCUT2D eigenvalue weighted by atomic mass is 9.33. The summed E-state index contributed by atoms with van der Waals surface area (Å²) in [7, 11) is 0. The van der Waals surface area contributed by atoms with Crippen LogP contribution in [0.1, 0.15) is 92.9 Å². The number of carboxylic acid groups (broad SMARTS) is 1. The van der Waals surface area contributed by atoms with E-state index >= 15 is 0 Å². The molecule has 0 aromatic carbocycles. The maximum Gasteiger partial charge on any atom is 0.310 e. The molecule has 0 bridgehead atoms. The Labute approximate surface area is 216 Å². The maximum atomic E-state index is 12.8. The first kappa shape index (κ1) is 26.6. The molecule has 0 saturated heterocycles. The normalized spacial score (nSPS) is 55.9. The fraction of sp³-hybridized carbons (Fsp3) is 0.900. The Hall–Kier alpha value is -0.950. The van der Waals surface area contributed by atoms with E-state index in [0.717, 1.165) is 31.3 Å². The molecule has 0 heterocycles. The Kier molecular flexibility index (Phi) is 5.77. The van der Waals surface area contributed by atoms with Gasteiger partial charge in [-0.2, -0.15) is 0 Å². The van der Waals surface area contributed by atoms with Crippen molar-refractivity contribution in [3.8, 4) is 0 Å². The Morgan fingerprint density at radius 1 is 0.917 bits per heavy atom. The van der Waals surface area contributed by atoms with Gasteiger partial charge < -0.3 is 25.5 Å². The van der Waals surface area contributed by atoms with Crippen LogP contribution in [0.4, 0.5) is 0 Å². The van der Waals surface area contributed by atoms with Crippen molar-refractivity contribution in [3.63, 3.8) is 0 Å². The monoisotopic (exact) mass is 504 g/mol. The molecule has 4 fully saturated rings. The van der Waals surface area contributed by atoms with Crippen molar-refractivity contribution in [2.75, 3.05) is 6.61 Å². The van der Waals surface area contributed by atoms with Crippen molar-refractivity contribution < 1.29 is 30.3 Å². The minimum atomic E-state index is -0.944. The molecule has 4 saturated carbocycles. The Bertz CT molecular complexity index is 974. The molecule has 5 rings (SSSR count). The first-order valence-electron chi connectivity index (χ1n) is 14.1. The minimum Gasteiger partial charge on any atom is -0.481 e. The van der Waals surface area contributed by atoms with Crippen LogP contribution in [0.25, 0.3) is 0 Å². The van der Waals surface area contributed by atoms with Gasteiger partial charge in [-0.05, 0) is 84.9 Å². The zero-order chi connectivity index (χ0) is 26.7. The Morgan fingerprint density at radius 3 is 2.17 bits per heavy atom. The molecular weight excluding hydrogens is 456 g/mol. The van der Waals surface area contributed by atoms with Gasteiger partial charge in [-0.15, -0.1) is 0 Å². The van der Waals surface area contributed by atoms with E-state index in [2.05, 4.69) is 40.7 Å². The molecule has 0 aromatic heterocycles. The lowest BCUT2D eigenvalue weighted by Gasteiger charge is -2.71. The number of hydrogen-bond acceptors (Lipinski definition) is 5. The lowest BCUT2D eigenvalue weighted by Crippen LogP contribution is -2.69. The number of allylic oxidation sites excluding steroid dienone is 1. The van der Waals surface area contributed by atoms with E-state index in [1.807, 2.05) is 6.92 Å². The van der Waals surface area contributed by atoms with Crippen LogP contribution in [0.3, 0.4) is 0 Å². The number of aliphatic carboxylic acids is 1. The summed E-state index contributed by atoms with van der Waals surface area (Å²) in [5, 5.41) is 54.5. The molecule has 11 atom stereocenters. The first-order valence-corrected chi connectivity index (χ1v) is 14.1. The third kappa shape index (κ3) is 2.96. The average molecular weight is 505 g/mol. The Morgan fingerprint density at radius 2 is 1.56 bits per heavy atom. The van der Waals surface area contributed by atoms with Gasteiger partial charge in [-0.3, -0.25) is 4.79 Å². The third-order valence-corrected chi connectivity index (χ3v) is 13.4. The molecule has 5 aliphatic rings. The summed E-state index contributed by atoms with van der Waals surface area (Å²) >= 11 is 0. The van der Waals surface area contributed by atoms with E-state index in [1.54, 1.807) is 0 Å². The fourth-order valence-corrected chi connectivity index (χ4v) is 10.8. The highest BCUT2D eigenvalue weighted by atomic mass is 16.4. The molecule has 0 aliphatic heterocycles. The molecule has 5 aliphatic carbocycles. The van der Waals surface area contributed by atoms with Crippen LogP contribution in [0.2, 0.25) is 0 Å². The van der Waals surface area contributed by atoms with Gasteiger partial charge in [0.05, 0.1) is 30.3 Å². The van der Waals surface area contributed by atoms with Crippen molar-refractivity contribution in [3.05, 3.63) is 11.6 Å². The highest BCUT2D eigenvalue weighted by molar-refractivity contribution is 5.77. The van der Waals surface area contributed by atoms with E-state index in [0.29, 0.717) is 25.7 Å². The zero-order valence-electron chi connectivity index (χ0n) is 23.0. The molecule has 36 heavy (non-hydrogen) atoms. The van der Waals surface area contributed by atoms with Gasteiger partial charge in [-0.1, -0.05) is 53.2 Å². The van der Waals surface area contributed by atoms with E-state index in [1.165, 1.54) is 0 Å². The molecule has 204 valence electrons. The van der Waals surface area contributed by atoms with Crippen molar-refractivity contribution in [1.29, 1.82) is 0 Å². The van der Waals surface area contributed by atoms with Gasteiger partial charge in [0.1, 0.15) is 0 Å². The summed E-state index contributed by atoms with van der Waals surface area (Å²) in [5.41, 5.74) is -1.50. The van der Waals surface area contributed by atoms with Crippen LogP contribution in [-0.4, -0.2) is 56.4 Å². The van der Waals surface area contributed by atoms with Crippen LogP contribution >= 0.6 is 0 Å². The van der Waals surface area contributed by atoms with Gasteiger partial charge in [0.15, 0.2) is 0 Å². The van der Waals surface area contributed by atoms with E-state index in [4.69, 9.17) is 0 Å². The molecule has 0 amide bonds. The van der Waals surface area contributed by atoms with Crippen molar-refractivity contribution in [2.24, 2.45) is 50.2 Å². The van der Waals surface area contributed by atoms with Crippen LogP contribution < -0.4 is 0 Å². The number of fused-ring (bicyclic) bond motifs is 7. The lowest BCUT2D eigenvalue weighted by molar-refractivity contribution is -0.245. The predicted molar refractivity (Wildman–Crippen MR) is 137 cm³/mol. The highest BCUT2D eigenvalue weighted by Gasteiger charge is 2.71. The van der Waals surface area contributed by atoms with Gasteiger partial charge in [0.2, 0.25) is 0 Å². The van der Waals surface area contributed by atoms with Crippen molar-refractivity contribution in [2.45, 2.75) is 111 Å². The van der Waals surface area contributed by atoms with Crippen LogP contribution in [0, 0.1) is 50.2 Å². The van der Waals surface area contributed by atoms with Crippen molar-refractivity contribution >= 4 is 5.97 Å². The highest BCUT2D eigenvalue weighted by Crippen LogP contribution is 2.75. The summed E-state index contributed by atoms with van der Waals surface area (Å²) in [6.45, 7) is 12.9. The third-order valence-electron chi connectivity index (χ3n) is 13.4. The smallest absolute Gasteiger partial charge is 0.310 e. The number of carbonyl (C=O) groups is 1. The number of rotatable bonds is 2. The molecule has 0 spiro atoms. The van der Waals surface area contributed by atoms with Crippen LogP contribution in [0.5, 0.6) is 0 Å². The molecule has 2 unspecified atom stereocenters. The largest absolute Gasteiger partial charge is 0.481 e. The molecule has 6 nitrogen and oxygen atoms in total. The van der Waals surface area contributed by atoms with Crippen molar-refractivity contribution in [1.82, 2.24) is 0 Å². The molecular formula is C30H48O6. The van der Waals surface area contributed by atoms with Gasteiger partial charge in [0, 0.05) is 11.3 Å². The molecule has 5 N–H and O–H groups in total. The second kappa shape index (κ2) is 7.80. The van der Waals surface area contributed by atoms with Crippen LogP contribution in [0.15, 0.2) is 11.6 Å². The summed E-state index contributed by atoms with van der Waals surface area (Å²) in [4.78, 5) is 12.8. The maximum absolute atomic E-state index is 12.8. The Balaban J connectivity index is 1.63. The molecule has 0 radical (unpaired) electrons. The number of hydrogen-bond donors (Lipinski definition) is 5. The second-order valence-electron chi connectivity index (χ2n) is 15.0. The quantitative estimate of drug-likeness (QED) is 0.361. The van der Waals surface area contributed by atoms with Gasteiger partial charge in [0.25, 0.3) is 0 Å². The standard InChI is InChI=1S/C30H48O6/c1-25(2)11-13-30(24(35)36)14-12-28(5)17(21(30)23(25)34)7-8-20-26(3)15-18(32)22(33)27(4,16-31)19(26)9-10-29(20,28)6/h7,18-23,31-34H,8-16H2,1-6H3,(H,35,36)/t18-,19?,20?,21-,22+,23+,26+,27-,28-,29-,30+/m1/s1. The summed E-state index contributed by atoms with van der Waals surface area (Å²) in [6, 6.07) is 0. The van der Waals surface area contributed by atoms with E-state index in [9.17, 15) is 30.3 Å². The predicted octanol–water partition coefficient (Wildman–Crippen LogP) is 4.15. The minimum absolute atomic E-state index is 0.0888. The topological polar surface area (TPSA) is 118 Å².